The van der Waals surface area contributed by atoms with Gasteiger partial charge in [0.15, 0.2) is 0 Å². The van der Waals surface area contributed by atoms with E-state index in [2.05, 4.69) is 21.2 Å². The molecule has 2 aromatic rings. The lowest BCUT2D eigenvalue weighted by atomic mass is 10.2. The summed E-state index contributed by atoms with van der Waals surface area (Å²) >= 11 is 1.62. The number of rotatable bonds is 7. The van der Waals surface area contributed by atoms with E-state index in [1.165, 1.54) is 0 Å². The molecule has 0 spiro atoms. The molecule has 0 saturated carbocycles. The summed E-state index contributed by atoms with van der Waals surface area (Å²) in [6.45, 7) is 5.44. The fourth-order valence-corrected chi connectivity index (χ4v) is 3.66. The molecular weight excluding hydrogens is 346 g/mol. The van der Waals surface area contributed by atoms with Crippen LogP contribution in [0.1, 0.15) is 4.88 Å². The number of hydrogen-bond donors (Lipinski definition) is 1. The van der Waals surface area contributed by atoms with Gasteiger partial charge in [-0.05, 0) is 29.7 Å². The lowest BCUT2D eigenvalue weighted by molar-refractivity contribution is -0.116. The maximum absolute atomic E-state index is 11.9. The van der Waals surface area contributed by atoms with Crippen molar-refractivity contribution in [1.29, 1.82) is 0 Å². The van der Waals surface area contributed by atoms with Gasteiger partial charge in [-0.2, -0.15) is 0 Å². The molecule has 0 radical (unpaired) electrons. The van der Waals surface area contributed by atoms with E-state index in [1.807, 2.05) is 41.8 Å². The summed E-state index contributed by atoms with van der Waals surface area (Å²) in [5.41, 5.74) is 1.15. The molecule has 1 N–H and O–H groups in total. The molecule has 5 nitrogen and oxygen atoms in total. The van der Waals surface area contributed by atoms with Crippen LogP contribution in [0, 0.1) is 0 Å². The molecule has 3 rings (SSSR count). The van der Waals surface area contributed by atoms with Crippen LogP contribution in [0.25, 0.3) is 6.08 Å². The number of para-hydroxylation sites is 2. The first-order chi connectivity index (χ1) is 12.8. The number of amides is 1. The van der Waals surface area contributed by atoms with E-state index in [0.717, 1.165) is 49.0 Å². The molecule has 1 aromatic heterocycles. The number of hydrogen-bond acceptors (Lipinski definition) is 5. The van der Waals surface area contributed by atoms with Crippen molar-refractivity contribution < 1.29 is 9.53 Å². The first-order valence-electron chi connectivity index (χ1n) is 8.86. The van der Waals surface area contributed by atoms with Gasteiger partial charge in [0.2, 0.25) is 5.91 Å². The summed E-state index contributed by atoms with van der Waals surface area (Å²) in [6, 6.07) is 12.1. The Labute approximate surface area is 158 Å². The van der Waals surface area contributed by atoms with Crippen LogP contribution >= 0.6 is 11.3 Å². The minimum absolute atomic E-state index is 0.0361. The number of methoxy groups -OCH3 is 1. The van der Waals surface area contributed by atoms with Crippen molar-refractivity contribution in [3.63, 3.8) is 0 Å². The number of nitrogens with one attached hydrogen (secondary N) is 1. The lowest BCUT2D eigenvalue weighted by Crippen LogP contribution is -2.48. The summed E-state index contributed by atoms with van der Waals surface area (Å²) in [4.78, 5) is 17.7. The number of benzene rings is 1. The highest BCUT2D eigenvalue weighted by atomic mass is 32.1. The summed E-state index contributed by atoms with van der Waals surface area (Å²) in [5, 5.41) is 4.96. The minimum atomic E-state index is -0.0361. The van der Waals surface area contributed by atoms with Gasteiger partial charge in [-0.3, -0.25) is 9.69 Å². The second kappa shape index (κ2) is 9.40. The largest absolute Gasteiger partial charge is 0.495 e. The second-order valence-electron chi connectivity index (χ2n) is 6.14. The molecule has 1 saturated heterocycles. The maximum atomic E-state index is 11.9. The number of carbonyl (C=O) groups is 1. The van der Waals surface area contributed by atoms with E-state index < -0.39 is 0 Å². The van der Waals surface area contributed by atoms with Gasteiger partial charge in [-0.15, -0.1) is 11.3 Å². The molecule has 26 heavy (non-hydrogen) atoms. The second-order valence-corrected chi connectivity index (χ2v) is 7.12. The van der Waals surface area contributed by atoms with Crippen LogP contribution in [-0.2, 0) is 4.79 Å². The number of thiophene rings is 1. The quantitative estimate of drug-likeness (QED) is 0.760. The Balaban J connectivity index is 1.38. The Hall–Kier alpha value is -2.31. The van der Waals surface area contributed by atoms with Gasteiger partial charge < -0.3 is 15.0 Å². The zero-order valence-electron chi connectivity index (χ0n) is 15.1. The molecule has 1 fully saturated rings. The zero-order valence-corrected chi connectivity index (χ0v) is 15.9. The first kappa shape index (κ1) is 18.5. The van der Waals surface area contributed by atoms with Crippen molar-refractivity contribution in [2.24, 2.45) is 0 Å². The predicted molar refractivity (Wildman–Crippen MR) is 108 cm³/mol. The highest BCUT2D eigenvalue weighted by molar-refractivity contribution is 7.10. The van der Waals surface area contributed by atoms with Crippen molar-refractivity contribution in [3.05, 3.63) is 52.7 Å². The molecule has 1 aliphatic rings. The normalized spacial score (nSPS) is 15.3. The molecule has 6 heteroatoms. The summed E-state index contributed by atoms with van der Waals surface area (Å²) < 4.78 is 5.46. The Bertz CT molecular complexity index is 722. The highest BCUT2D eigenvalue weighted by Gasteiger charge is 2.19. The Morgan fingerprint density at radius 1 is 1.19 bits per heavy atom. The van der Waals surface area contributed by atoms with Crippen LogP contribution in [-0.4, -0.2) is 57.2 Å². The van der Waals surface area contributed by atoms with Gasteiger partial charge in [0.25, 0.3) is 0 Å². The third-order valence-electron chi connectivity index (χ3n) is 4.47. The molecule has 1 aromatic carbocycles. The lowest BCUT2D eigenvalue weighted by Gasteiger charge is -2.36. The number of ether oxygens (including phenoxy) is 1. The minimum Gasteiger partial charge on any atom is -0.495 e. The van der Waals surface area contributed by atoms with E-state index in [-0.39, 0.29) is 5.91 Å². The van der Waals surface area contributed by atoms with Crippen molar-refractivity contribution in [3.8, 4) is 5.75 Å². The molecular formula is C20H25N3O2S. The van der Waals surface area contributed by atoms with Gasteiger partial charge in [0.05, 0.1) is 12.8 Å². The SMILES string of the molecule is COc1ccccc1N1CCN(CCNC(=O)/C=C/c2cccs2)CC1. The summed E-state index contributed by atoms with van der Waals surface area (Å²) in [7, 11) is 1.71. The average Bonchev–Trinajstić information content (AvgIpc) is 3.20. The van der Waals surface area contributed by atoms with E-state index in [1.54, 1.807) is 24.5 Å². The summed E-state index contributed by atoms with van der Waals surface area (Å²) in [6.07, 6.45) is 3.46. The molecule has 2 heterocycles. The van der Waals surface area contributed by atoms with E-state index in [0.29, 0.717) is 6.54 Å². The van der Waals surface area contributed by atoms with E-state index >= 15 is 0 Å². The molecule has 0 unspecified atom stereocenters. The monoisotopic (exact) mass is 371 g/mol. The average molecular weight is 372 g/mol. The Kier molecular flexibility index (Phi) is 6.68. The van der Waals surface area contributed by atoms with Crippen LogP contribution in [0.3, 0.4) is 0 Å². The molecule has 1 aliphatic heterocycles. The van der Waals surface area contributed by atoms with Crippen molar-refractivity contribution in [1.82, 2.24) is 10.2 Å². The molecule has 0 aliphatic carbocycles. The maximum Gasteiger partial charge on any atom is 0.244 e. The number of piperazine rings is 1. The third kappa shape index (κ3) is 5.09. The smallest absolute Gasteiger partial charge is 0.244 e. The van der Waals surface area contributed by atoms with Crippen LogP contribution in [0.4, 0.5) is 5.69 Å². The van der Waals surface area contributed by atoms with Gasteiger partial charge in [0, 0.05) is 50.2 Å². The molecule has 1 amide bonds. The highest BCUT2D eigenvalue weighted by Crippen LogP contribution is 2.28. The summed E-state index contributed by atoms with van der Waals surface area (Å²) in [5.74, 6) is 0.886. The van der Waals surface area contributed by atoms with Crippen molar-refractivity contribution in [2.45, 2.75) is 0 Å². The van der Waals surface area contributed by atoms with Gasteiger partial charge in [-0.25, -0.2) is 0 Å². The molecule has 0 atom stereocenters. The third-order valence-corrected chi connectivity index (χ3v) is 5.31. The topological polar surface area (TPSA) is 44.8 Å². The van der Waals surface area contributed by atoms with Gasteiger partial charge >= 0.3 is 0 Å². The molecule has 138 valence electrons. The van der Waals surface area contributed by atoms with E-state index in [9.17, 15) is 4.79 Å². The van der Waals surface area contributed by atoms with E-state index in [4.69, 9.17) is 4.74 Å². The fourth-order valence-electron chi connectivity index (χ4n) is 3.04. The molecule has 0 bridgehead atoms. The van der Waals surface area contributed by atoms with Crippen LogP contribution in [0.5, 0.6) is 5.75 Å². The Morgan fingerprint density at radius 2 is 2.00 bits per heavy atom. The standard InChI is InChI=1S/C20H25N3O2S/c1-25-19-7-3-2-6-18(19)23-14-12-22(13-15-23)11-10-21-20(24)9-8-17-5-4-16-26-17/h2-9,16H,10-15H2,1H3,(H,21,24)/b9-8+. The number of nitrogens with zero attached hydrogens (tertiary/aromatic N) is 2. The van der Waals surface area contributed by atoms with Gasteiger partial charge in [0.1, 0.15) is 5.75 Å². The van der Waals surface area contributed by atoms with Crippen molar-refractivity contribution >= 4 is 29.0 Å². The fraction of sp³-hybridized carbons (Fsp3) is 0.350. The number of anilines is 1. The van der Waals surface area contributed by atoms with Crippen LogP contribution in [0.15, 0.2) is 47.9 Å². The van der Waals surface area contributed by atoms with Gasteiger partial charge in [-0.1, -0.05) is 18.2 Å². The predicted octanol–water partition coefficient (Wildman–Crippen LogP) is 2.71. The number of carbonyl (C=O) groups excluding carboxylic acids is 1. The van der Waals surface area contributed by atoms with Crippen LogP contribution in [0.2, 0.25) is 0 Å². The first-order valence-corrected chi connectivity index (χ1v) is 9.74. The van der Waals surface area contributed by atoms with Crippen LogP contribution < -0.4 is 15.0 Å². The Morgan fingerprint density at radius 3 is 2.73 bits per heavy atom. The zero-order chi connectivity index (χ0) is 18.2. The van der Waals surface area contributed by atoms with Crippen molar-refractivity contribution in [2.75, 3.05) is 51.3 Å².